The number of aromatic hydroxyl groups is 1. The van der Waals surface area contributed by atoms with Crippen LogP contribution in [0.1, 0.15) is 20.9 Å². The Labute approximate surface area is 125 Å². The smallest absolute Gasteiger partial charge is 0.310 e. The predicted molar refractivity (Wildman–Crippen MR) is 78.6 cm³/mol. The standard InChI is InChI=1S/C14H14N2O4S/c1-8-11(7-12(18)20-2)21-14(15-8)16-13(19)9-5-3-4-6-10(9)17/h3-6,17H,7H2,1-2H3,(H,15,16,19). The maximum Gasteiger partial charge on any atom is 0.310 e. The number of nitrogens with zero attached hydrogens (tertiary/aromatic N) is 1. The number of aromatic nitrogens is 1. The van der Waals surface area contributed by atoms with Crippen molar-refractivity contribution in [2.24, 2.45) is 0 Å². The van der Waals surface area contributed by atoms with Crippen molar-refractivity contribution in [1.29, 1.82) is 0 Å². The number of hydrogen-bond donors (Lipinski definition) is 2. The summed E-state index contributed by atoms with van der Waals surface area (Å²) in [5.74, 6) is -0.912. The number of methoxy groups -OCH3 is 1. The van der Waals surface area contributed by atoms with Crippen LogP contribution in [0.15, 0.2) is 24.3 Å². The lowest BCUT2D eigenvalue weighted by atomic mass is 10.2. The van der Waals surface area contributed by atoms with Crippen molar-refractivity contribution < 1.29 is 19.4 Å². The summed E-state index contributed by atoms with van der Waals surface area (Å²) >= 11 is 1.21. The van der Waals surface area contributed by atoms with Crippen LogP contribution in [-0.2, 0) is 16.0 Å². The minimum Gasteiger partial charge on any atom is -0.507 e. The molecule has 1 heterocycles. The highest BCUT2D eigenvalue weighted by molar-refractivity contribution is 7.16. The van der Waals surface area contributed by atoms with Gasteiger partial charge in [-0.05, 0) is 19.1 Å². The van der Waals surface area contributed by atoms with Crippen LogP contribution in [0.2, 0.25) is 0 Å². The van der Waals surface area contributed by atoms with Crippen LogP contribution in [0.5, 0.6) is 5.75 Å². The van der Waals surface area contributed by atoms with E-state index in [4.69, 9.17) is 0 Å². The molecule has 0 fully saturated rings. The summed E-state index contributed by atoms with van der Waals surface area (Å²) in [4.78, 5) is 28.2. The Hall–Kier alpha value is -2.41. The second kappa shape index (κ2) is 6.36. The van der Waals surface area contributed by atoms with E-state index in [-0.39, 0.29) is 23.7 Å². The van der Waals surface area contributed by atoms with E-state index >= 15 is 0 Å². The minimum atomic E-state index is -0.452. The highest BCUT2D eigenvalue weighted by Crippen LogP contribution is 2.25. The third kappa shape index (κ3) is 3.57. The number of anilines is 1. The molecule has 1 aromatic carbocycles. The van der Waals surface area contributed by atoms with E-state index in [1.807, 2.05) is 0 Å². The number of esters is 1. The molecular formula is C14H14N2O4S. The number of amides is 1. The van der Waals surface area contributed by atoms with Gasteiger partial charge in [-0.1, -0.05) is 12.1 Å². The van der Waals surface area contributed by atoms with Crippen molar-refractivity contribution in [2.45, 2.75) is 13.3 Å². The van der Waals surface area contributed by atoms with E-state index in [9.17, 15) is 14.7 Å². The summed E-state index contributed by atoms with van der Waals surface area (Å²) in [6, 6.07) is 6.24. The highest BCUT2D eigenvalue weighted by Gasteiger charge is 2.16. The molecule has 0 aliphatic carbocycles. The van der Waals surface area contributed by atoms with E-state index in [0.717, 1.165) is 4.88 Å². The van der Waals surface area contributed by atoms with Gasteiger partial charge >= 0.3 is 5.97 Å². The van der Waals surface area contributed by atoms with Gasteiger partial charge < -0.3 is 9.84 Å². The molecule has 6 nitrogen and oxygen atoms in total. The number of carbonyl (C=O) groups is 2. The number of benzene rings is 1. The molecule has 0 saturated heterocycles. The topological polar surface area (TPSA) is 88.5 Å². The zero-order valence-electron chi connectivity index (χ0n) is 11.5. The Morgan fingerprint density at radius 1 is 1.38 bits per heavy atom. The van der Waals surface area contributed by atoms with Gasteiger partial charge in [0.25, 0.3) is 5.91 Å². The average Bonchev–Trinajstić information content (AvgIpc) is 2.78. The van der Waals surface area contributed by atoms with Crippen molar-refractivity contribution in [3.63, 3.8) is 0 Å². The molecule has 0 bridgehead atoms. The minimum absolute atomic E-state index is 0.0990. The SMILES string of the molecule is COC(=O)Cc1sc(NC(=O)c2ccccc2O)nc1C. The first kappa shape index (κ1) is 15.0. The molecule has 2 rings (SSSR count). The first-order valence-electron chi connectivity index (χ1n) is 6.13. The van der Waals surface area contributed by atoms with E-state index in [0.29, 0.717) is 10.8 Å². The summed E-state index contributed by atoms with van der Waals surface area (Å²) in [5.41, 5.74) is 0.831. The molecule has 0 spiro atoms. The molecule has 110 valence electrons. The van der Waals surface area contributed by atoms with E-state index in [2.05, 4.69) is 15.0 Å². The quantitative estimate of drug-likeness (QED) is 0.845. The molecule has 7 heteroatoms. The van der Waals surface area contributed by atoms with Crippen molar-refractivity contribution in [2.75, 3.05) is 12.4 Å². The number of aryl methyl sites for hydroxylation is 1. The number of phenolic OH excluding ortho intramolecular Hbond substituents is 1. The molecule has 0 radical (unpaired) electrons. The molecule has 1 amide bonds. The van der Waals surface area contributed by atoms with Crippen LogP contribution in [0.4, 0.5) is 5.13 Å². The number of carbonyl (C=O) groups excluding carboxylic acids is 2. The van der Waals surface area contributed by atoms with Crippen LogP contribution in [0.3, 0.4) is 0 Å². The molecule has 0 aliphatic heterocycles. The molecule has 1 aromatic heterocycles. The molecule has 0 saturated carbocycles. The summed E-state index contributed by atoms with van der Waals surface area (Å²) < 4.78 is 4.60. The van der Waals surface area contributed by atoms with Crippen LogP contribution in [0.25, 0.3) is 0 Å². The average molecular weight is 306 g/mol. The van der Waals surface area contributed by atoms with Gasteiger partial charge in [-0.15, -0.1) is 11.3 Å². The number of thiazole rings is 1. The highest BCUT2D eigenvalue weighted by atomic mass is 32.1. The molecule has 2 aromatic rings. The van der Waals surface area contributed by atoms with Gasteiger partial charge in [0.15, 0.2) is 5.13 Å². The number of ether oxygens (including phenoxy) is 1. The Balaban J connectivity index is 2.14. The monoisotopic (exact) mass is 306 g/mol. The third-order valence-corrected chi connectivity index (χ3v) is 3.87. The largest absolute Gasteiger partial charge is 0.507 e. The maximum atomic E-state index is 12.0. The lowest BCUT2D eigenvalue weighted by Gasteiger charge is -2.03. The van der Waals surface area contributed by atoms with Gasteiger partial charge in [0.1, 0.15) is 5.75 Å². The second-order valence-corrected chi connectivity index (χ2v) is 5.34. The predicted octanol–water partition coefficient (Wildman–Crippen LogP) is 2.12. The molecule has 0 aliphatic rings. The number of para-hydroxylation sites is 1. The van der Waals surface area contributed by atoms with Gasteiger partial charge in [0, 0.05) is 4.88 Å². The lowest BCUT2D eigenvalue weighted by molar-refractivity contribution is -0.139. The van der Waals surface area contributed by atoms with Crippen LogP contribution in [0, 0.1) is 6.92 Å². The molecule has 2 N–H and O–H groups in total. The van der Waals surface area contributed by atoms with Crippen molar-refractivity contribution in [3.8, 4) is 5.75 Å². The van der Waals surface area contributed by atoms with Gasteiger partial charge in [0.05, 0.1) is 24.8 Å². The normalized spacial score (nSPS) is 10.2. The fourth-order valence-electron chi connectivity index (χ4n) is 1.68. The van der Waals surface area contributed by atoms with E-state index in [1.54, 1.807) is 19.1 Å². The fourth-order valence-corrected chi connectivity index (χ4v) is 2.62. The Morgan fingerprint density at radius 2 is 2.10 bits per heavy atom. The summed E-state index contributed by atoms with van der Waals surface area (Å²) in [6.07, 6.45) is 0.118. The number of phenols is 1. The summed E-state index contributed by atoms with van der Waals surface area (Å²) in [6.45, 7) is 1.75. The van der Waals surface area contributed by atoms with Gasteiger partial charge in [-0.2, -0.15) is 0 Å². The molecular weight excluding hydrogens is 292 g/mol. The number of hydrogen-bond acceptors (Lipinski definition) is 6. The zero-order valence-corrected chi connectivity index (χ0v) is 12.4. The van der Waals surface area contributed by atoms with Crippen LogP contribution in [-0.4, -0.2) is 29.1 Å². The Kier molecular flexibility index (Phi) is 4.54. The Morgan fingerprint density at radius 3 is 2.76 bits per heavy atom. The summed E-state index contributed by atoms with van der Waals surface area (Å²) in [5, 5.41) is 12.6. The molecule has 0 unspecified atom stereocenters. The third-order valence-electron chi connectivity index (χ3n) is 2.79. The first-order valence-corrected chi connectivity index (χ1v) is 6.95. The maximum absolute atomic E-state index is 12.0. The van der Waals surface area contributed by atoms with Crippen molar-refractivity contribution in [3.05, 3.63) is 40.4 Å². The van der Waals surface area contributed by atoms with Gasteiger partial charge in [-0.25, -0.2) is 4.98 Å². The number of nitrogens with one attached hydrogen (secondary N) is 1. The molecule has 21 heavy (non-hydrogen) atoms. The van der Waals surface area contributed by atoms with E-state index in [1.165, 1.54) is 30.6 Å². The second-order valence-electron chi connectivity index (χ2n) is 4.25. The molecule has 0 atom stereocenters. The van der Waals surface area contributed by atoms with Crippen molar-refractivity contribution >= 4 is 28.3 Å². The van der Waals surface area contributed by atoms with Gasteiger partial charge in [-0.3, -0.25) is 14.9 Å². The van der Waals surface area contributed by atoms with Crippen molar-refractivity contribution in [1.82, 2.24) is 4.98 Å². The van der Waals surface area contributed by atoms with Crippen LogP contribution < -0.4 is 5.32 Å². The Bertz CT molecular complexity index is 681. The lowest BCUT2D eigenvalue weighted by Crippen LogP contribution is -2.11. The summed E-state index contributed by atoms with van der Waals surface area (Å²) in [7, 11) is 1.32. The first-order chi connectivity index (χ1) is 10.0. The zero-order chi connectivity index (χ0) is 15.4. The van der Waals surface area contributed by atoms with Gasteiger partial charge in [0.2, 0.25) is 0 Å². The van der Waals surface area contributed by atoms with Crippen LogP contribution >= 0.6 is 11.3 Å². The number of rotatable bonds is 4. The fraction of sp³-hybridized carbons (Fsp3) is 0.214. The van der Waals surface area contributed by atoms with E-state index < -0.39 is 5.91 Å².